The summed E-state index contributed by atoms with van der Waals surface area (Å²) < 4.78 is 5.12. The van der Waals surface area contributed by atoms with Gasteiger partial charge in [0.1, 0.15) is 5.03 Å². The number of pyridine rings is 1. The zero-order valence-corrected chi connectivity index (χ0v) is 16.8. The number of nitrogens with zero attached hydrogens (tertiary/aromatic N) is 2. The number of esters is 1. The van der Waals surface area contributed by atoms with Crippen molar-refractivity contribution in [2.75, 3.05) is 36.2 Å². The van der Waals surface area contributed by atoms with Gasteiger partial charge in [0.15, 0.2) is 6.61 Å². The molecule has 28 heavy (non-hydrogen) atoms. The number of hydrogen-bond donors (Lipinski definition) is 1. The van der Waals surface area contributed by atoms with Gasteiger partial charge in [0.05, 0.1) is 5.56 Å². The lowest BCUT2D eigenvalue weighted by atomic mass is 10.2. The van der Waals surface area contributed by atoms with E-state index in [4.69, 9.17) is 4.74 Å². The number of rotatable bonds is 6. The first-order valence-corrected chi connectivity index (χ1v) is 10.7. The Morgan fingerprint density at radius 1 is 1.11 bits per heavy atom. The molecule has 1 amide bonds. The molecule has 3 rings (SSSR count). The van der Waals surface area contributed by atoms with Gasteiger partial charge in [-0.25, -0.2) is 9.78 Å². The van der Waals surface area contributed by atoms with Crippen molar-refractivity contribution in [1.29, 1.82) is 0 Å². The lowest BCUT2D eigenvalue weighted by molar-refractivity contribution is -0.119. The van der Waals surface area contributed by atoms with E-state index in [1.807, 2.05) is 30.5 Å². The molecule has 148 valence electrons. The van der Waals surface area contributed by atoms with Crippen molar-refractivity contribution in [3.8, 4) is 0 Å². The number of thioether (sulfide) groups is 1. The molecule has 0 saturated carbocycles. The Morgan fingerprint density at radius 3 is 2.50 bits per heavy atom. The molecule has 2 heterocycles. The standard InChI is InChI=1S/C21H25N3O3S/c1-28-20-18(7-6-12-22-20)21(26)27-15-19(25)23-16-8-10-17(11-9-16)24-13-4-2-3-5-14-24/h6-12H,2-5,13-15H2,1H3,(H,23,25). The van der Waals surface area contributed by atoms with Gasteiger partial charge in [0.25, 0.3) is 5.91 Å². The first-order chi connectivity index (χ1) is 13.7. The van der Waals surface area contributed by atoms with Gasteiger partial charge in [-0.05, 0) is 55.5 Å². The summed E-state index contributed by atoms with van der Waals surface area (Å²) in [6.45, 7) is 1.82. The van der Waals surface area contributed by atoms with E-state index in [0.29, 0.717) is 16.3 Å². The summed E-state index contributed by atoms with van der Waals surface area (Å²) in [6, 6.07) is 11.1. The predicted octanol–water partition coefficient (Wildman–Crippen LogP) is 3.98. The fraction of sp³-hybridized carbons (Fsp3) is 0.381. The van der Waals surface area contributed by atoms with Crippen LogP contribution < -0.4 is 10.2 Å². The molecule has 6 nitrogen and oxygen atoms in total. The number of hydrogen-bond acceptors (Lipinski definition) is 6. The van der Waals surface area contributed by atoms with Crippen molar-refractivity contribution >= 4 is 35.0 Å². The van der Waals surface area contributed by atoms with E-state index in [9.17, 15) is 9.59 Å². The van der Waals surface area contributed by atoms with Crippen molar-refractivity contribution in [3.05, 3.63) is 48.2 Å². The minimum absolute atomic E-state index is 0.338. The molecule has 1 saturated heterocycles. The highest BCUT2D eigenvalue weighted by molar-refractivity contribution is 7.98. The molecule has 0 aliphatic carbocycles. The highest BCUT2D eigenvalue weighted by Crippen LogP contribution is 2.22. The van der Waals surface area contributed by atoms with Crippen LogP contribution in [0.2, 0.25) is 0 Å². The maximum atomic E-state index is 12.2. The van der Waals surface area contributed by atoms with Gasteiger partial charge in [-0.15, -0.1) is 11.8 Å². The lowest BCUT2D eigenvalue weighted by Gasteiger charge is -2.22. The van der Waals surface area contributed by atoms with Crippen LogP contribution in [-0.2, 0) is 9.53 Å². The van der Waals surface area contributed by atoms with Crippen LogP contribution in [0.15, 0.2) is 47.6 Å². The first-order valence-electron chi connectivity index (χ1n) is 9.48. The fourth-order valence-corrected chi connectivity index (χ4v) is 3.74. The third kappa shape index (κ3) is 5.48. The average Bonchev–Trinajstić information content (AvgIpc) is 3.02. The second kappa shape index (κ2) is 10.1. The SMILES string of the molecule is CSc1ncccc1C(=O)OCC(=O)Nc1ccc(N2CCCCCC2)cc1. The maximum absolute atomic E-state index is 12.2. The minimum atomic E-state index is -0.552. The molecular formula is C21H25N3O3S. The Morgan fingerprint density at radius 2 is 1.82 bits per heavy atom. The summed E-state index contributed by atoms with van der Waals surface area (Å²) in [4.78, 5) is 30.8. The predicted molar refractivity (Wildman–Crippen MR) is 112 cm³/mol. The van der Waals surface area contributed by atoms with E-state index in [2.05, 4.69) is 15.2 Å². The third-order valence-corrected chi connectivity index (χ3v) is 5.35. The van der Waals surface area contributed by atoms with Crippen LogP contribution in [0.3, 0.4) is 0 Å². The van der Waals surface area contributed by atoms with Crippen molar-refractivity contribution < 1.29 is 14.3 Å². The summed E-state index contributed by atoms with van der Waals surface area (Å²) in [6.07, 6.45) is 8.48. The van der Waals surface area contributed by atoms with Crippen LogP contribution in [0.1, 0.15) is 36.0 Å². The van der Waals surface area contributed by atoms with Crippen LogP contribution in [0.5, 0.6) is 0 Å². The number of ether oxygens (including phenoxy) is 1. The summed E-state index contributed by atoms with van der Waals surface area (Å²) in [5.74, 6) is -0.922. The van der Waals surface area contributed by atoms with E-state index in [0.717, 1.165) is 13.1 Å². The Hall–Kier alpha value is -2.54. The molecule has 1 aliphatic rings. The number of benzene rings is 1. The molecule has 1 aromatic carbocycles. The highest BCUT2D eigenvalue weighted by Gasteiger charge is 2.15. The van der Waals surface area contributed by atoms with E-state index in [1.165, 1.54) is 43.1 Å². The molecule has 7 heteroatoms. The Labute approximate surface area is 169 Å². The number of anilines is 2. The molecule has 0 unspecified atom stereocenters. The zero-order chi connectivity index (χ0) is 19.8. The van der Waals surface area contributed by atoms with Crippen molar-refractivity contribution in [2.24, 2.45) is 0 Å². The van der Waals surface area contributed by atoms with Gasteiger partial charge in [-0.3, -0.25) is 4.79 Å². The van der Waals surface area contributed by atoms with Crippen LogP contribution in [-0.4, -0.2) is 42.8 Å². The fourth-order valence-electron chi connectivity index (χ4n) is 3.20. The van der Waals surface area contributed by atoms with Gasteiger partial charge in [-0.1, -0.05) is 12.8 Å². The van der Waals surface area contributed by atoms with Gasteiger partial charge in [0.2, 0.25) is 0 Å². The topological polar surface area (TPSA) is 71.5 Å². The molecule has 2 aromatic rings. The molecule has 0 radical (unpaired) electrons. The second-order valence-corrected chi connectivity index (χ2v) is 7.43. The Bertz CT molecular complexity index is 803. The number of aromatic nitrogens is 1. The van der Waals surface area contributed by atoms with Crippen molar-refractivity contribution in [3.63, 3.8) is 0 Å². The number of carbonyl (C=O) groups excluding carboxylic acids is 2. The van der Waals surface area contributed by atoms with Gasteiger partial charge in [0, 0.05) is 30.7 Å². The molecule has 1 N–H and O–H groups in total. The van der Waals surface area contributed by atoms with Gasteiger partial charge < -0.3 is 15.0 Å². The first kappa shape index (κ1) is 20.2. The smallest absolute Gasteiger partial charge is 0.341 e. The molecule has 0 spiro atoms. The second-order valence-electron chi connectivity index (χ2n) is 6.63. The van der Waals surface area contributed by atoms with Crippen LogP contribution in [0, 0.1) is 0 Å². The number of amides is 1. The van der Waals surface area contributed by atoms with E-state index in [1.54, 1.807) is 18.3 Å². The highest BCUT2D eigenvalue weighted by atomic mass is 32.2. The van der Waals surface area contributed by atoms with E-state index < -0.39 is 5.97 Å². The molecule has 0 atom stereocenters. The van der Waals surface area contributed by atoms with Crippen molar-refractivity contribution in [1.82, 2.24) is 4.98 Å². The molecule has 1 fully saturated rings. The van der Waals surface area contributed by atoms with E-state index >= 15 is 0 Å². The lowest BCUT2D eigenvalue weighted by Crippen LogP contribution is -2.24. The normalized spacial score (nSPS) is 14.2. The Kier molecular flexibility index (Phi) is 7.31. The third-order valence-electron chi connectivity index (χ3n) is 4.64. The molecule has 1 aliphatic heterocycles. The molecule has 1 aromatic heterocycles. The van der Waals surface area contributed by atoms with Crippen LogP contribution in [0.25, 0.3) is 0 Å². The summed E-state index contributed by atoms with van der Waals surface area (Å²) in [5, 5.41) is 3.34. The quantitative estimate of drug-likeness (QED) is 0.585. The summed E-state index contributed by atoms with van der Waals surface area (Å²) in [7, 11) is 0. The van der Waals surface area contributed by atoms with Crippen molar-refractivity contribution in [2.45, 2.75) is 30.7 Å². The molecule has 0 bridgehead atoms. The molecular weight excluding hydrogens is 374 g/mol. The summed E-state index contributed by atoms with van der Waals surface area (Å²) in [5.41, 5.74) is 2.22. The minimum Gasteiger partial charge on any atom is -0.452 e. The van der Waals surface area contributed by atoms with E-state index in [-0.39, 0.29) is 12.5 Å². The largest absolute Gasteiger partial charge is 0.452 e. The van der Waals surface area contributed by atoms with Crippen LogP contribution in [0.4, 0.5) is 11.4 Å². The Balaban J connectivity index is 1.51. The van der Waals surface area contributed by atoms with Crippen LogP contribution >= 0.6 is 11.8 Å². The number of nitrogens with one attached hydrogen (secondary N) is 1. The van der Waals surface area contributed by atoms with Gasteiger partial charge >= 0.3 is 5.97 Å². The maximum Gasteiger partial charge on any atom is 0.341 e. The zero-order valence-electron chi connectivity index (χ0n) is 16.0. The monoisotopic (exact) mass is 399 g/mol. The number of carbonyl (C=O) groups is 2. The summed E-state index contributed by atoms with van der Waals surface area (Å²) >= 11 is 1.36. The average molecular weight is 400 g/mol. The van der Waals surface area contributed by atoms with Gasteiger partial charge in [-0.2, -0.15) is 0 Å².